The number of anilines is 1. The lowest BCUT2D eigenvalue weighted by atomic mass is 10.1. The SMILES string of the molecule is CSC1(CNc2c(C#N)nnc3ccccc23)CCCC1. The van der Waals surface area contributed by atoms with Gasteiger partial charge in [-0.3, -0.25) is 0 Å². The van der Waals surface area contributed by atoms with Gasteiger partial charge in [0.05, 0.1) is 11.2 Å². The predicted octanol–water partition coefficient (Wildman–Crippen LogP) is 3.59. The lowest BCUT2D eigenvalue weighted by Gasteiger charge is -2.27. The highest BCUT2D eigenvalue weighted by Gasteiger charge is 2.33. The summed E-state index contributed by atoms with van der Waals surface area (Å²) >= 11 is 1.94. The summed E-state index contributed by atoms with van der Waals surface area (Å²) in [6.45, 7) is 0.874. The summed E-state index contributed by atoms with van der Waals surface area (Å²) in [5.41, 5.74) is 2.02. The molecule has 21 heavy (non-hydrogen) atoms. The molecule has 0 amide bonds. The zero-order valence-electron chi connectivity index (χ0n) is 12.1. The first-order valence-corrected chi connectivity index (χ1v) is 8.45. The number of fused-ring (bicyclic) bond motifs is 1. The summed E-state index contributed by atoms with van der Waals surface area (Å²) in [5.74, 6) is 0. The fourth-order valence-electron chi connectivity index (χ4n) is 3.03. The Bertz CT molecular complexity index is 686. The van der Waals surface area contributed by atoms with Gasteiger partial charge in [-0.2, -0.15) is 17.0 Å². The molecule has 0 atom stereocenters. The van der Waals surface area contributed by atoms with Gasteiger partial charge < -0.3 is 5.32 Å². The number of nitrogens with zero attached hydrogens (tertiary/aromatic N) is 3. The van der Waals surface area contributed by atoms with Crippen molar-refractivity contribution < 1.29 is 0 Å². The minimum absolute atomic E-state index is 0.289. The van der Waals surface area contributed by atoms with Crippen molar-refractivity contribution >= 4 is 28.4 Å². The Kier molecular flexibility index (Phi) is 3.98. The first-order chi connectivity index (χ1) is 10.3. The van der Waals surface area contributed by atoms with Crippen molar-refractivity contribution in [3.8, 4) is 6.07 Å². The van der Waals surface area contributed by atoms with Crippen LogP contribution in [0.3, 0.4) is 0 Å². The van der Waals surface area contributed by atoms with Crippen molar-refractivity contribution in [3.05, 3.63) is 30.0 Å². The van der Waals surface area contributed by atoms with E-state index >= 15 is 0 Å². The minimum atomic E-state index is 0.289. The van der Waals surface area contributed by atoms with Crippen molar-refractivity contribution in [2.45, 2.75) is 30.4 Å². The summed E-state index contributed by atoms with van der Waals surface area (Å²) in [6.07, 6.45) is 7.24. The molecular formula is C16H18N4S. The van der Waals surface area contributed by atoms with Gasteiger partial charge in [0.1, 0.15) is 6.07 Å². The minimum Gasteiger partial charge on any atom is -0.381 e. The molecule has 5 heteroatoms. The van der Waals surface area contributed by atoms with Gasteiger partial charge >= 0.3 is 0 Å². The number of aromatic nitrogens is 2. The third kappa shape index (κ3) is 2.68. The summed E-state index contributed by atoms with van der Waals surface area (Å²) in [7, 11) is 0. The molecule has 108 valence electrons. The highest BCUT2D eigenvalue weighted by molar-refractivity contribution is 8.00. The quantitative estimate of drug-likeness (QED) is 0.934. The molecule has 1 N–H and O–H groups in total. The Balaban J connectivity index is 1.94. The Morgan fingerprint density at radius 2 is 2.05 bits per heavy atom. The lowest BCUT2D eigenvalue weighted by molar-refractivity contribution is 0.640. The highest BCUT2D eigenvalue weighted by Crippen LogP contribution is 2.40. The summed E-state index contributed by atoms with van der Waals surface area (Å²) < 4.78 is 0.289. The van der Waals surface area contributed by atoms with Crippen LogP contribution in [0.15, 0.2) is 24.3 Å². The van der Waals surface area contributed by atoms with Gasteiger partial charge in [0.2, 0.25) is 0 Å². The van der Waals surface area contributed by atoms with Gasteiger partial charge in [-0.25, -0.2) is 0 Å². The number of hydrogen-bond acceptors (Lipinski definition) is 5. The van der Waals surface area contributed by atoms with E-state index in [2.05, 4.69) is 27.8 Å². The molecule has 1 aliphatic rings. The zero-order chi connectivity index (χ0) is 14.7. The van der Waals surface area contributed by atoms with E-state index in [0.717, 1.165) is 23.1 Å². The molecular weight excluding hydrogens is 280 g/mol. The van der Waals surface area contributed by atoms with Gasteiger partial charge in [-0.15, -0.1) is 10.2 Å². The first-order valence-electron chi connectivity index (χ1n) is 7.22. The maximum absolute atomic E-state index is 9.29. The van der Waals surface area contributed by atoms with E-state index in [-0.39, 0.29) is 4.75 Å². The second-order valence-corrected chi connectivity index (χ2v) is 6.77. The maximum atomic E-state index is 9.29. The molecule has 0 saturated heterocycles. The predicted molar refractivity (Wildman–Crippen MR) is 87.5 cm³/mol. The van der Waals surface area contributed by atoms with Crippen LogP contribution in [0.25, 0.3) is 10.9 Å². The molecule has 3 rings (SSSR count). The Morgan fingerprint density at radius 3 is 2.76 bits per heavy atom. The van der Waals surface area contributed by atoms with Crippen LogP contribution in [-0.4, -0.2) is 27.7 Å². The monoisotopic (exact) mass is 298 g/mol. The number of hydrogen-bond donors (Lipinski definition) is 1. The smallest absolute Gasteiger partial charge is 0.186 e. The van der Waals surface area contributed by atoms with Crippen molar-refractivity contribution in [1.29, 1.82) is 5.26 Å². The third-order valence-electron chi connectivity index (χ3n) is 4.31. The molecule has 0 radical (unpaired) electrons. The van der Waals surface area contributed by atoms with Crippen LogP contribution in [0.4, 0.5) is 5.69 Å². The molecule has 1 fully saturated rings. The number of thioether (sulfide) groups is 1. The van der Waals surface area contributed by atoms with E-state index < -0.39 is 0 Å². The van der Waals surface area contributed by atoms with E-state index in [1.165, 1.54) is 25.7 Å². The van der Waals surface area contributed by atoms with Crippen LogP contribution < -0.4 is 5.32 Å². The largest absolute Gasteiger partial charge is 0.381 e. The van der Waals surface area contributed by atoms with Crippen LogP contribution in [0.5, 0.6) is 0 Å². The molecule has 0 spiro atoms. The molecule has 1 saturated carbocycles. The van der Waals surface area contributed by atoms with Gasteiger partial charge in [0.15, 0.2) is 5.69 Å². The second kappa shape index (κ2) is 5.90. The van der Waals surface area contributed by atoms with Crippen LogP contribution in [0.1, 0.15) is 31.4 Å². The molecule has 1 aliphatic carbocycles. The van der Waals surface area contributed by atoms with E-state index in [9.17, 15) is 5.26 Å². The normalized spacial score (nSPS) is 16.8. The second-order valence-electron chi connectivity index (χ2n) is 5.50. The van der Waals surface area contributed by atoms with E-state index in [4.69, 9.17) is 0 Å². The molecule has 2 aromatic rings. The van der Waals surface area contributed by atoms with Crippen molar-refractivity contribution in [2.75, 3.05) is 18.1 Å². The average molecular weight is 298 g/mol. The van der Waals surface area contributed by atoms with Crippen molar-refractivity contribution in [2.24, 2.45) is 0 Å². The third-order valence-corrected chi connectivity index (χ3v) is 5.73. The van der Waals surface area contributed by atoms with Gasteiger partial charge in [-0.05, 0) is 25.2 Å². The molecule has 1 heterocycles. The fourth-order valence-corrected chi connectivity index (χ4v) is 3.95. The van der Waals surface area contributed by atoms with E-state index in [1.54, 1.807) is 0 Å². The van der Waals surface area contributed by atoms with E-state index in [1.807, 2.05) is 36.0 Å². The highest BCUT2D eigenvalue weighted by atomic mass is 32.2. The van der Waals surface area contributed by atoms with Crippen molar-refractivity contribution in [1.82, 2.24) is 10.2 Å². The molecule has 1 aromatic carbocycles. The van der Waals surface area contributed by atoms with Crippen LogP contribution in [0, 0.1) is 11.3 Å². The average Bonchev–Trinajstić information content (AvgIpc) is 3.02. The topological polar surface area (TPSA) is 61.6 Å². The maximum Gasteiger partial charge on any atom is 0.186 e. The van der Waals surface area contributed by atoms with E-state index in [0.29, 0.717) is 5.69 Å². The first kappa shape index (κ1) is 14.2. The standard InChI is InChI=1S/C16H18N4S/c1-21-16(8-4-5-9-16)11-18-15-12-6-2-3-7-13(12)19-20-14(15)10-17/h2-3,6-7H,4-5,8-9,11H2,1H3,(H,18,19). The molecule has 4 nitrogen and oxygen atoms in total. The number of nitriles is 1. The fraction of sp³-hybridized carbons (Fsp3) is 0.438. The number of benzene rings is 1. The lowest BCUT2D eigenvalue weighted by Crippen LogP contribution is -2.30. The van der Waals surface area contributed by atoms with Crippen LogP contribution >= 0.6 is 11.8 Å². The molecule has 0 unspecified atom stereocenters. The van der Waals surface area contributed by atoms with Crippen molar-refractivity contribution in [3.63, 3.8) is 0 Å². The zero-order valence-corrected chi connectivity index (χ0v) is 12.9. The van der Waals surface area contributed by atoms with Crippen LogP contribution in [0.2, 0.25) is 0 Å². The van der Waals surface area contributed by atoms with Gasteiger partial charge in [0, 0.05) is 16.7 Å². The van der Waals surface area contributed by atoms with Gasteiger partial charge in [-0.1, -0.05) is 31.0 Å². The molecule has 1 aromatic heterocycles. The Labute approximate surface area is 129 Å². The van der Waals surface area contributed by atoms with Crippen LogP contribution in [-0.2, 0) is 0 Å². The molecule has 0 bridgehead atoms. The summed E-state index contributed by atoms with van der Waals surface area (Å²) in [4.78, 5) is 0. The Morgan fingerprint density at radius 1 is 1.29 bits per heavy atom. The van der Waals surface area contributed by atoms with Gasteiger partial charge in [0.25, 0.3) is 0 Å². The summed E-state index contributed by atoms with van der Waals surface area (Å²) in [6, 6.07) is 9.98. The molecule has 0 aliphatic heterocycles. The Hall–Kier alpha value is -1.80. The number of nitrogens with one attached hydrogen (secondary N) is 1. The number of rotatable bonds is 4. The summed E-state index contributed by atoms with van der Waals surface area (Å²) in [5, 5.41) is 21.9.